The van der Waals surface area contributed by atoms with Crippen LogP contribution in [0.25, 0.3) is 16.8 Å². The highest BCUT2D eigenvalue weighted by Gasteiger charge is 2.10. The third-order valence-corrected chi connectivity index (χ3v) is 3.79. The molecule has 0 radical (unpaired) electrons. The van der Waals surface area contributed by atoms with Gasteiger partial charge in [0.05, 0.1) is 5.56 Å². The van der Waals surface area contributed by atoms with E-state index < -0.39 is 5.97 Å². The molecule has 5 heteroatoms. The molecule has 1 N–H and O–H groups in total. The number of aromatic carboxylic acids is 1. The Hall–Kier alpha value is -3.21. The van der Waals surface area contributed by atoms with Crippen LogP contribution in [0, 0.1) is 12.7 Å². The fourth-order valence-electron chi connectivity index (χ4n) is 2.55. The molecule has 1 heterocycles. The van der Waals surface area contributed by atoms with E-state index in [1.807, 2.05) is 0 Å². The Morgan fingerprint density at radius 2 is 1.79 bits per heavy atom. The van der Waals surface area contributed by atoms with Crippen molar-refractivity contribution < 1.29 is 14.3 Å². The molecule has 0 aliphatic heterocycles. The van der Waals surface area contributed by atoms with Gasteiger partial charge >= 0.3 is 5.97 Å². The Balaban J connectivity index is 2.17. The summed E-state index contributed by atoms with van der Waals surface area (Å²) >= 11 is 0. The minimum absolute atomic E-state index is 0.100. The number of hydrogen-bond donors (Lipinski definition) is 1. The van der Waals surface area contributed by atoms with E-state index in [1.54, 1.807) is 37.4 Å². The van der Waals surface area contributed by atoms with Crippen molar-refractivity contribution in [2.75, 3.05) is 0 Å². The second-order valence-corrected chi connectivity index (χ2v) is 5.44. The molecule has 1 aromatic heterocycles. The lowest BCUT2D eigenvalue weighted by Gasteiger charge is -2.12. The van der Waals surface area contributed by atoms with Gasteiger partial charge in [0, 0.05) is 23.5 Å². The SMILES string of the molecule is Cc1cc(=O)n(-c2cccc(C(=O)O)c2)cc1-c1ccc(F)cc1. The van der Waals surface area contributed by atoms with Crippen LogP contribution in [0.5, 0.6) is 0 Å². The van der Waals surface area contributed by atoms with E-state index in [0.29, 0.717) is 5.69 Å². The van der Waals surface area contributed by atoms with Crippen LogP contribution in [-0.2, 0) is 0 Å². The van der Waals surface area contributed by atoms with E-state index >= 15 is 0 Å². The lowest BCUT2D eigenvalue weighted by molar-refractivity contribution is 0.0697. The van der Waals surface area contributed by atoms with E-state index in [4.69, 9.17) is 5.11 Å². The van der Waals surface area contributed by atoms with E-state index in [-0.39, 0.29) is 16.9 Å². The maximum Gasteiger partial charge on any atom is 0.335 e. The lowest BCUT2D eigenvalue weighted by atomic mass is 10.0. The number of halogens is 1. The summed E-state index contributed by atoms with van der Waals surface area (Å²) < 4.78 is 14.5. The predicted octanol–water partition coefficient (Wildman–Crippen LogP) is 3.65. The molecule has 0 aliphatic rings. The zero-order valence-electron chi connectivity index (χ0n) is 12.9. The predicted molar refractivity (Wildman–Crippen MR) is 89.1 cm³/mol. The van der Waals surface area contributed by atoms with Gasteiger partial charge in [-0.15, -0.1) is 0 Å². The maximum atomic E-state index is 13.1. The fourth-order valence-corrected chi connectivity index (χ4v) is 2.55. The van der Waals surface area contributed by atoms with Crippen LogP contribution in [0.1, 0.15) is 15.9 Å². The molecule has 0 aliphatic carbocycles. The molecule has 0 spiro atoms. The number of nitrogens with zero attached hydrogens (tertiary/aromatic N) is 1. The average Bonchev–Trinajstić information content (AvgIpc) is 2.56. The minimum Gasteiger partial charge on any atom is -0.478 e. The highest BCUT2D eigenvalue weighted by atomic mass is 19.1. The first kappa shape index (κ1) is 15.7. The van der Waals surface area contributed by atoms with Gasteiger partial charge in [-0.25, -0.2) is 9.18 Å². The largest absolute Gasteiger partial charge is 0.478 e. The highest BCUT2D eigenvalue weighted by molar-refractivity contribution is 5.88. The van der Waals surface area contributed by atoms with Crippen LogP contribution in [0.3, 0.4) is 0 Å². The van der Waals surface area contributed by atoms with Gasteiger partial charge in [-0.05, 0) is 48.4 Å². The van der Waals surface area contributed by atoms with Gasteiger partial charge in [-0.2, -0.15) is 0 Å². The van der Waals surface area contributed by atoms with Gasteiger partial charge in [0.15, 0.2) is 0 Å². The first-order valence-electron chi connectivity index (χ1n) is 7.29. The van der Waals surface area contributed by atoms with E-state index in [9.17, 15) is 14.0 Å². The number of hydrogen-bond acceptors (Lipinski definition) is 2. The van der Waals surface area contributed by atoms with Crippen molar-refractivity contribution in [3.05, 3.63) is 88.1 Å². The second kappa shape index (κ2) is 6.12. The lowest BCUT2D eigenvalue weighted by Crippen LogP contribution is -2.18. The normalized spacial score (nSPS) is 10.6. The van der Waals surface area contributed by atoms with Gasteiger partial charge in [-0.1, -0.05) is 18.2 Å². The topological polar surface area (TPSA) is 59.3 Å². The number of benzene rings is 2. The van der Waals surface area contributed by atoms with Crippen molar-refractivity contribution >= 4 is 5.97 Å². The van der Waals surface area contributed by atoms with Crippen LogP contribution in [-0.4, -0.2) is 15.6 Å². The fraction of sp³-hybridized carbons (Fsp3) is 0.0526. The molecule has 0 atom stereocenters. The molecule has 3 rings (SSSR count). The molecule has 0 unspecified atom stereocenters. The Morgan fingerprint density at radius 1 is 1.08 bits per heavy atom. The van der Waals surface area contributed by atoms with Gasteiger partial charge in [0.1, 0.15) is 5.82 Å². The number of aromatic nitrogens is 1. The first-order valence-corrected chi connectivity index (χ1v) is 7.29. The van der Waals surface area contributed by atoms with Gasteiger partial charge in [0.25, 0.3) is 5.56 Å². The molecule has 0 saturated carbocycles. The number of carbonyl (C=O) groups is 1. The third kappa shape index (κ3) is 2.96. The second-order valence-electron chi connectivity index (χ2n) is 5.44. The summed E-state index contributed by atoms with van der Waals surface area (Å²) in [6, 6.07) is 13.6. The Labute approximate surface area is 137 Å². The molecule has 2 aromatic carbocycles. The van der Waals surface area contributed by atoms with E-state index in [0.717, 1.165) is 16.7 Å². The molecule has 0 saturated heterocycles. The van der Waals surface area contributed by atoms with Crippen LogP contribution < -0.4 is 5.56 Å². The summed E-state index contributed by atoms with van der Waals surface area (Å²) in [4.78, 5) is 23.4. The van der Waals surface area contributed by atoms with Crippen molar-refractivity contribution in [2.45, 2.75) is 6.92 Å². The third-order valence-electron chi connectivity index (χ3n) is 3.79. The summed E-state index contributed by atoms with van der Waals surface area (Å²) in [6.45, 7) is 1.80. The van der Waals surface area contributed by atoms with Crippen LogP contribution >= 0.6 is 0 Å². The highest BCUT2D eigenvalue weighted by Crippen LogP contribution is 2.23. The van der Waals surface area contributed by atoms with Gasteiger partial charge in [-0.3, -0.25) is 9.36 Å². The van der Waals surface area contributed by atoms with Crippen molar-refractivity contribution in [3.8, 4) is 16.8 Å². The van der Waals surface area contributed by atoms with Crippen LogP contribution in [0.15, 0.2) is 65.6 Å². The van der Waals surface area contributed by atoms with E-state index in [2.05, 4.69) is 0 Å². The number of pyridine rings is 1. The van der Waals surface area contributed by atoms with Crippen LogP contribution in [0.2, 0.25) is 0 Å². The molecule has 24 heavy (non-hydrogen) atoms. The summed E-state index contributed by atoms with van der Waals surface area (Å²) in [5.74, 6) is -1.39. The molecule has 120 valence electrons. The van der Waals surface area contributed by atoms with Crippen LogP contribution in [0.4, 0.5) is 4.39 Å². The Kier molecular flexibility index (Phi) is 4.00. The molecule has 4 nitrogen and oxygen atoms in total. The maximum absolute atomic E-state index is 13.1. The van der Waals surface area contributed by atoms with Crippen molar-refractivity contribution in [2.24, 2.45) is 0 Å². The summed E-state index contributed by atoms with van der Waals surface area (Å²) in [5.41, 5.74) is 2.61. The molecule has 0 bridgehead atoms. The number of carboxylic acids is 1. The van der Waals surface area contributed by atoms with E-state index in [1.165, 1.54) is 34.9 Å². The Bertz CT molecular complexity index is 975. The zero-order chi connectivity index (χ0) is 17.3. The standard InChI is InChI=1S/C19H14FNO3/c1-12-9-18(22)21(16-4-2-3-14(10-16)19(23)24)11-17(12)13-5-7-15(20)8-6-13/h2-11H,1H3,(H,23,24). The zero-order valence-corrected chi connectivity index (χ0v) is 12.9. The van der Waals surface area contributed by atoms with Gasteiger partial charge < -0.3 is 5.11 Å². The monoisotopic (exact) mass is 323 g/mol. The molecule has 0 fully saturated rings. The molecular formula is C19H14FNO3. The first-order chi connectivity index (χ1) is 11.5. The number of carboxylic acid groups (broad SMARTS) is 1. The quantitative estimate of drug-likeness (QED) is 0.800. The van der Waals surface area contributed by atoms with Crippen molar-refractivity contribution in [3.63, 3.8) is 0 Å². The number of aryl methyl sites for hydroxylation is 1. The molecule has 3 aromatic rings. The smallest absolute Gasteiger partial charge is 0.335 e. The summed E-state index contributed by atoms with van der Waals surface area (Å²) in [5, 5.41) is 9.11. The summed E-state index contributed by atoms with van der Waals surface area (Å²) in [6.07, 6.45) is 1.64. The van der Waals surface area contributed by atoms with Crippen molar-refractivity contribution in [1.82, 2.24) is 4.57 Å². The minimum atomic E-state index is -1.06. The average molecular weight is 323 g/mol. The molecular weight excluding hydrogens is 309 g/mol. The Morgan fingerprint density at radius 3 is 2.46 bits per heavy atom. The van der Waals surface area contributed by atoms with Crippen molar-refractivity contribution in [1.29, 1.82) is 0 Å². The van der Waals surface area contributed by atoms with Gasteiger partial charge in [0.2, 0.25) is 0 Å². The number of rotatable bonds is 3. The molecule has 0 amide bonds. The summed E-state index contributed by atoms with van der Waals surface area (Å²) in [7, 11) is 0.